The number of aliphatic imine (C=N–C) groups is 1. The van der Waals surface area contributed by atoms with Crippen molar-refractivity contribution in [3.8, 4) is 34.0 Å². The molecule has 9 heteroatoms. The van der Waals surface area contributed by atoms with Crippen LogP contribution in [-0.4, -0.2) is 42.0 Å². The van der Waals surface area contributed by atoms with Gasteiger partial charge in [-0.25, -0.2) is 4.98 Å². The number of imidazole rings is 1. The van der Waals surface area contributed by atoms with Crippen LogP contribution >= 0.6 is 0 Å². The maximum atomic E-state index is 8.36. The van der Waals surface area contributed by atoms with Gasteiger partial charge in [0.05, 0.1) is 35.6 Å². The summed E-state index contributed by atoms with van der Waals surface area (Å²) in [4.78, 5) is 16.0. The Morgan fingerprint density at radius 2 is 1.48 bits per heavy atom. The van der Waals surface area contributed by atoms with E-state index in [1.54, 1.807) is 0 Å². The van der Waals surface area contributed by atoms with Crippen LogP contribution in [0.1, 0.15) is 24.0 Å². The smallest absolute Gasteiger partial charge is 0.138 e. The molecule has 0 aliphatic carbocycles. The fourth-order valence-corrected chi connectivity index (χ4v) is 4.95. The highest BCUT2D eigenvalue weighted by molar-refractivity contribution is 6.07. The van der Waals surface area contributed by atoms with Crippen LogP contribution in [0.5, 0.6) is 11.5 Å². The predicted molar refractivity (Wildman–Crippen MR) is 167 cm³/mol. The Hall–Kier alpha value is -5.11. The number of fused-ring (bicyclic) bond motifs is 2. The van der Waals surface area contributed by atoms with Crippen molar-refractivity contribution in [3.63, 3.8) is 0 Å². The van der Waals surface area contributed by atoms with Gasteiger partial charge >= 0.3 is 0 Å². The Bertz CT molecular complexity index is 1770. The Labute approximate surface area is 243 Å². The van der Waals surface area contributed by atoms with Crippen molar-refractivity contribution >= 4 is 22.4 Å². The molecule has 0 saturated heterocycles. The number of H-pyrrole nitrogens is 1. The Kier molecular flexibility index (Phi) is 8.12. The van der Waals surface area contributed by atoms with Gasteiger partial charge in [0.1, 0.15) is 17.3 Å². The highest BCUT2D eigenvalue weighted by Crippen LogP contribution is 2.35. The van der Waals surface area contributed by atoms with Gasteiger partial charge in [-0.2, -0.15) is 0 Å². The monoisotopic (exact) mass is 557 g/mol. The zero-order valence-electron chi connectivity index (χ0n) is 23.2. The van der Waals surface area contributed by atoms with Crippen molar-refractivity contribution < 1.29 is 9.47 Å². The standard InChI is InChI=1S/C33H31N7O2/c34-15-1-17-41-28-12-7-23(8-13-28)33-38-29-14-9-25(20-32(29)39-33)24-3-4-26-21-30(37-31(26)19-24)22-5-10-27(11-6-22)42-18-2-16-36-40-35/h3-14,19-20H,1-2,15-18,21,34H2,(H,38,39). The van der Waals surface area contributed by atoms with E-state index in [9.17, 15) is 0 Å². The molecule has 0 saturated carbocycles. The number of rotatable bonds is 12. The molecule has 0 unspecified atom stereocenters. The van der Waals surface area contributed by atoms with Crippen LogP contribution in [0.2, 0.25) is 0 Å². The summed E-state index contributed by atoms with van der Waals surface area (Å²) in [5.74, 6) is 2.44. The molecule has 0 fully saturated rings. The summed E-state index contributed by atoms with van der Waals surface area (Å²) in [5, 5.41) is 3.53. The first-order valence-corrected chi connectivity index (χ1v) is 14.1. The third kappa shape index (κ3) is 6.12. The molecular formula is C33H31N7O2. The topological polar surface area (TPSA) is 134 Å². The highest BCUT2D eigenvalue weighted by Gasteiger charge is 2.17. The van der Waals surface area contributed by atoms with Crippen molar-refractivity contribution in [1.29, 1.82) is 0 Å². The third-order valence-electron chi connectivity index (χ3n) is 7.18. The second kappa shape index (κ2) is 12.6. The maximum Gasteiger partial charge on any atom is 0.138 e. The molecule has 42 heavy (non-hydrogen) atoms. The Morgan fingerprint density at radius 3 is 2.21 bits per heavy atom. The summed E-state index contributed by atoms with van der Waals surface area (Å²) in [7, 11) is 0. The van der Waals surface area contributed by atoms with Crippen LogP contribution in [0.3, 0.4) is 0 Å². The predicted octanol–water partition coefficient (Wildman–Crippen LogP) is 7.38. The molecule has 210 valence electrons. The number of benzene rings is 4. The maximum absolute atomic E-state index is 8.36. The van der Waals surface area contributed by atoms with Crippen molar-refractivity contribution in [3.05, 3.63) is 106 Å². The number of aromatic amines is 1. The minimum absolute atomic E-state index is 0.434. The molecule has 2 heterocycles. The van der Waals surface area contributed by atoms with E-state index in [4.69, 9.17) is 30.7 Å². The fraction of sp³-hybridized carbons (Fsp3) is 0.212. The number of azide groups is 1. The SMILES string of the molecule is [N-]=[N+]=NCCCOc1ccc(C2=Nc3cc(-c4ccc5nc(-c6ccc(OCCCN)cc6)[nH]c5c4)ccc3C2)cc1. The summed E-state index contributed by atoms with van der Waals surface area (Å²) in [6.45, 7) is 2.18. The first-order chi connectivity index (χ1) is 20.7. The zero-order chi connectivity index (χ0) is 28.7. The van der Waals surface area contributed by atoms with Crippen molar-refractivity contribution in [2.45, 2.75) is 19.3 Å². The van der Waals surface area contributed by atoms with Gasteiger partial charge in [-0.05, 0) is 114 Å². The molecule has 0 bridgehead atoms. The zero-order valence-corrected chi connectivity index (χ0v) is 23.2. The number of nitrogens with two attached hydrogens (primary N) is 1. The van der Waals surface area contributed by atoms with Gasteiger partial charge < -0.3 is 20.2 Å². The molecule has 0 amide bonds. The van der Waals surface area contributed by atoms with Gasteiger partial charge in [0.2, 0.25) is 0 Å². The van der Waals surface area contributed by atoms with Crippen molar-refractivity contribution in [2.75, 3.05) is 26.3 Å². The molecular weight excluding hydrogens is 526 g/mol. The highest BCUT2D eigenvalue weighted by atomic mass is 16.5. The van der Waals surface area contributed by atoms with E-state index in [0.717, 1.165) is 74.9 Å². The minimum Gasteiger partial charge on any atom is -0.494 e. The van der Waals surface area contributed by atoms with Crippen LogP contribution in [-0.2, 0) is 6.42 Å². The van der Waals surface area contributed by atoms with Gasteiger partial charge in [0, 0.05) is 23.4 Å². The van der Waals surface area contributed by atoms with E-state index in [0.29, 0.717) is 32.7 Å². The first-order valence-electron chi connectivity index (χ1n) is 14.1. The van der Waals surface area contributed by atoms with E-state index in [2.05, 4.69) is 51.4 Å². The Morgan fingerprint density at radius 1 is 0.810 bits per heavy atom. The third-order valence-corrected chi connectivity index (χ3v) is 7.18. The first kappa shape index (κ1) is 27.1. The molecule has 6 rings (SSSR count). The minimum atomic E-state index is 0.434. The van der Waals surface area contributed by atoms with Crippen LogP contribution < -0.4 is 15.2 Å². The Balaban J connectivity index is 1.15. The number of nitrogens with zero attached hydrogens (tertiary/aromatic N) is 5. The van der Waals surface area contributed by atoms with E-state index in [1.807, 2.05) is 48.5 Å². The number of hydrogen-bond donors (Lipinski definition) is 2. The van der Waals surface area contributed by atoms with E-state index in [1.165, 1.54) is 5.56 Å². The number of ether oxygens (including phenoxy) is 2. The molecule has 1 aliphatic heterocycles. The van der Waals surface area contributed by atoms with Crippen molar-refractivity contribution in [1.82, 2.24) is 9.97 Å². The molecule has 1 aliphatic rings. The number of nitrogens with one attached hydrogen (secondary N) is 1. The van der Waals surface area contributed by atoms with Crippen LogP contribution in [0.25, 0.3) is 44.0 Å². The normalized spacial score (nSPS) is 12.1. The average molecular weight is 558 g/mol. The molecule has 3 N–H and O–H groups in total. The van der Waals surface area contributed by atoms with E-state index >= 15 is 0 Å². The van der Waals surface area contributed by atoms with Gasteiger partial charge in [-0.3, -0.25) is 4.99 Å². The lowest BCUT2D eigenvalue weighted by Gasteiger charge is -2.06. The number of aromatic nitrogens is 2. The number of hydrogen-bond acceptors (Lipinski definition) is 6. The lowest BCUT2D eigenvalue weighted by atomic mass is 10.00. The fourth-order valence-electron chi connectivity index (χ4n) is 4.95. The molecule has 5 aromatic rings. The van der Waals surface area contributed by atoms with Crippen LogP contribution in [0.15, 0.2) is 95.0 Å². The summed E-state index contributed by atoms with van der Waals surface area (Å²) >= 11 is 0. The second-order valence-corrected chi connectivity index (χ2v) is 10.1. The average Bonchev–Trinajstić information content (AvgIpc) is 3.65. The summed E-state index contributed by atoms with van der Waals surface area (Å²) in [6, 6.07) is 28.7. The molecule has 9 nitrogen and oxygen atoms in total. The lowest BCUT2D eigenvalue weighted by molar-refractivity contribution is 0.313. The molecule has 4 aromatic carbocycles. The van der Waals surface area contributed by atoms with E-state index in [-0.39, 0.29) is 0 Å². The van der Waals surface area contributed by atoms with Crippen molar-refractivity contribution in [2.24, 2.45) is 15.8 Å². The van der Waals surface area contributed by atoms with Gasteiger partial charge in [0.15, 0.2) is 0 Å². The van der Waals surface area contributed by atoms with Crippen LogP contribution in [0, 0.1) is 0 Å². The summed E-state index contributed by atoms with van der Waals surface area (Å²) in [6.07, 6.45) is 2.31. The largest absolute Gasteiger partial charge is 0.494 e. The van der Waals surface area contributed by atoms with Gasteiger partial charge in [0.25, 0.3) is 0 Å². The summed E-state index contributed by atoms with van der Waals surface area (Å²) in [5.41, 5.74) is 23.4. The summed E-state index contributed by atoms with van der Waals surface area (Å²) < 4.78 is 11.5. The lowest BCUT2D eigenvalue weighted by Crippen LogP contribution is -2.05. The van der Waals surface area contributed by atoms with Crippen LogP contribution in [0.4, 0.5) is 5.69 Å². The van der Waals surface area contributed by atoms with E-state index < -0.39 is 0 Å². The molecule has 0 atom stereocenters. The second-order valence-electron chi connectivity index (χ2n) is 10.1. The van der Waals surface area contributed by atoms with Gasteiger partial charge in [-0.15, -0.1) is 0 Å². The van der Waals surface area contributed by atoms with Gasteiger partial charge in [-0.1, -0.05) is 23.3 Å². The molecule has 1 aromatic heterocycles. The molecule has 0 radical (unpaired) electrons. The molecule has 0 spiro atoms. The quantitative estimate of drug-likeness (QED) is 0.0716.